The zero-order valence-electron chi connectivity index (χ0n) is 22.9. The summed E-state index contributed by atoms with van der Waals surface area (Å²) in [6.45, 7) is 0. The molecule has 246 valence electrons. The number of amides is 4. The molecule has 0 unspecified atom stereocenters. The molecular weight excluding hydrogens is 602 g/mol. The maximum Gasteiger partial charge on any atom is 0.326 e. The minimum atomic E-state index is -2.03. The van der Waals surface area contributed by atoms with Crippen molar-refractivity contribution in [2.75, 3.05) is 0 Å². The maximum atomic E-state index is 13.0. The van der Waals surface area contributed by atoms with Crippen LogP contribution in [-0.4, -0.2) is 120 Å². The number of carbonyl (C=O) groups excluding carboxylic acids is 4. The van der Waals surface area contributed by atoms with Crippen LogP contribution in [0.15, 0.2) is 0 Å². The van der Waals surface area contributed by atoms with Crippen LogP contribution in [0.5, 0.6) is 0 Å². The van der Waals surface area contributed by atoms with Crippen molar-refractivity contribution in [2.45, 2.75) is 81.6 Å². The molecule has 0 saturated carbocycles. The first kappa shape index (κ1) is 38.7. The highest BCUT2D eigenvalue weighted by Crippen LogP contribution is 2.06. The van der Waals surface area contributed by atoms with E-state index in [1.54, 1.807) is 0 Å². The Kier molecular flexibility index (Phi) is 16.7. The van der Waals surface area contributed by atoms with E-state index in [4.69, 9.17) is 31.3 Å². The number of hydrogen-bond acceptors (Lipinski definition) is 11. The Morgan fingerprint density at radius 1 is 0.432 bits per heavy atom. The van der Waals surface area contributed by atoms with Gasteiger partial charge < -0.3 is 57.6 Å². The predicted molar refractivity (Wildman–Crippen MR) is 138 cm³/mol. The van der Waals surface area contributed by atoms with Gasteiger partial charge in [-0.1, -0.05) is 0 Å². The first-order valence-electron chi connectivity index (χ1n) is 12.6. The van der Waals surface area contributed by atoms with Gasteiger partial charge in [0.25, 0.3) is 0 Å². The van der Waals surface area contributed by atoms with E-state index in [1.165, 1.54) is 0 Å². The summed E-state index contributed by atoms with van der Waals surface area (Å²) >= 11 is 0. The fourth-order valence-electron chi connectivity index (χ4n) is 3.34. The van der Waals surface area contributed by atoms with Crippen LogP contribution < -0.4 is 27.0 Å². The second-order valence-corrected chi connectivity index (χ2v) is 9.18. The lowest BCUT2D eigenvalue weighted by Gasteiger charge is -2.25. The Morgan fingerprint density at radius 2 is 0.750 bits per heavy atom. The molecular formula is C23H33N5O16. The van der Waals surface area contributed by atoms with Crippen molar-refractivity contribution in [3.05, 3.63) is 0 Å². The third-order valence-corrected chi connectivity index (χ3v) is 5.57. The summed E-state index contributed by atoms with van der Waals surface area (Å²) in [6, 6.07) is -9.07. The molecule has 4 amide bonds. The summed E-state index contributed by atoms with van der Waals surface area (Å²) in [5.74, 6) is -14.4. The zero-order valence-corrected chi connectivity index (χ0v) is 22.9. The number of hydrogen-bond donors (Lipinski definition) is 11. The highest BCUT2D eigenvalue weighted by atomic mass is 16.4. The monoisotopic (exact) mass is 635 g/mol. The molecule has 0 heterocycles. The molecule has 44 heavy (non-hydrogen) atoms. The van der Waals surface area contributed by atoms with Crippen LogP contribution in [0.3, 0.4) is 0 Å². The zero-order chi connectivity index (χ0) is 34.1. The molecule has 0 rings (SSSR count). The predicted octanol–water partition coefficient (Wildman–Crippen LogP) is -4.12. The number of rotatable bonds is 22. The van der Waals surface area contributed by atoms with Crippen molar-refractivity contribution < 1.29 is 78.6 Å². The third kappa shape index (κ3) is 16.2. The molecule has 0 aromatic heterocycles. The van der Waals surface area contributed by atoms with Crippen molar-refractivity contribution in [3.63, 3.8) is 0 Å². The Morgan fingerprint density at radius 3 is 1.14 bits per heavy atom. The number of aliphatic carboxylic acids is 6. The van der Waals surface area contributed by atoms with Crippen LogP contribution in [0, 0.1) is 0 Å². The molecule has 21 nitrogen and oxygen atoms in total. The van der Waals surface area contributed by atoms with Crippen LogP contribution in [0.1, 0.15) is 51.4 Å². The average molecular weight is 636 g/mol. The van der Waals surface area contributed by atoms with Gasteiger partial charge in [-0.15, -0.1) is 0 Å². The Balaban J connectivity index is 6.00. The molecule has 0 bridgehead atoms. The second-order valence-electron chi connectivity index (χ2n) is 9.18. The summed E-state index contributed by atoms with van der Waals surface area (Å²) in [6.07, 6.45) is -5.92. The molecule has 0 spiro atoms. The highest BCUT2D eigenvalue weighted by Gasteiger charge is 2.33. The van der Waals surface area contributed by atoms with Crippen LogP contribution in [-0.2, 0) is 47.9 Å². The Bertz CT molecular complexity index is 1140. The van der Waals surface area contributed by atoms with Crippen molar-refractivity contribution in [1.82, 2.24) is 21.3 Å². The summed E-state index contributed by atoms with van der Waals surface area (Å²) in [5.41, 5.74) is 5.58. The number of nitrogens with one attached hydrogen (secondary N) is 4. The smallest absolute Gasteiger partial charge is 0.326 e. The van der Waals surface area contributed by atoms with Crippen molar-refractivity contribution in [3.8, 4) is 0 Å². The molecule has 0 radical (unpaired) electrons. The molecule has 0 aromatic rings. The van der Waals surface area contributed by atoms with Gasteiger partial charge in [0.05, 0.1) is 18.9 Å². The van der Waals surface area contributed by atoms with Crippen LogP contribution in [0.2, 0.25) is 0 Å². The number of carboxylic acid groups (broad SMARTS) is 6. The summed E-state index contributed by atoms with van der Waals surface area (Å²) in [7, 11) is 0. The van der Waals surface area contributed by atoms with Gasteiger partial charge >= 0.3 is 35.8 Å². The van der Waals surface area contributed by atoms with E-state index in [1.807, 2.05) is 16.0 Å². The topological polar surface area (TPSA) is 366 Å². The fraction of sp³-hybridized carbons (Fsp3) is 0.565. The van der Waals surface area contributed by atoms with Gasteiger partial charge in [-0.25, -0.2) is 4.79 Å². The van der Waals surface area contributed by atoms with Crippen molar-refractivity contribution >= 4 is 59.4 Å². The molecule has 0 fully saturated rings. The quantitative estimate of drug-likeness (QED) is 0.0538. The SMILES string of the molecule is N[C@@H](CCC(=O)O)C(=O)N[C@@H](CCC(=O)O)C(=O)N[C@@H](CC(=O)O)C(=O)N[C@@H](CCC(=O)O)C(=O)N[C@@H](CC(=O)O)C(=O)O. The van der Waals surface area contributed by atoms with Crippen LogP contribution in [0.25, 0.3) is 0 Å². The lowest BCUT2D eigenvalue weighted by molar-refractivity contribution is -0.147. The van der Waals surface area contributed by atoms with Crippen molar-refractivity contribution in [1.29, 1.82) is 0 Å². The molecule has 5 atom stereocenters. The minimum absolute atomic E-state index is 0.368. The van der Waals surface area contributed by atoms with Gasteiger partial charge in [0, 0.05) is 19.3 Å². The first-order chi connectivity index (χ1) is 20.3. The first-order valence-corrected chi connectivity index (χ1v) is 12.6. The van der Waals surface area contributed by atoms with Crippen LogP contribution >= 0.6 is 0 Å². The third-order valence-electron chi connectivity index (χ3n) is 5.57. The van der Waals surface area contributed by atoms with E-state index in [0.29, 0.717) is 0 Å². The van der Waals surface area contributed by atoms with E-state index >= 15 is 0 Å². The van der Waals surface area contributed by atoms with Gasteiger partial charge in [0.1, 0.15) is 24.2 Å². The standard InChI is InChI=1S/C23H33N5O16/c24-9(1-4-14(29)30)19(39)25-10(2-5-15(31)32)20(40)27-12(7-17(35)36)22(42)26-11(3-6-16(33)34)21(41)28-13(23(43)44)8-18(37)38/h9-13H,1-8,24H2,(H,25,39)(H,26,42)(H,27,40)(H,28,41)(H,29,30)(H,31,32)(H,33,34)(H,35,36)(H,37,38)(H,43,44)/t9-,10-,11-,12-,13-/m0/s1. The second kappa shape index (κ2) is 19.0. The highest BCUT2D eigenvalue weighted by molar-refractivity contribution is 5.97. The van der Waals surface area contributed by atoms with Gasteiger partial charge in [-0.2, -0.15) is 0 Å². The summed E-state index contributed by atoms with van der Waals surface area (Å²) < 4.78 is 0. The van der Waals surface area contributed by atoms with Crippen LogP contribution in [0.4, 0.5) is 0 Å². The molecule has 0 aliphatic heterocycles. The van der Waals surface area contributed by atoms with E-state index < -0.39 is 135 Å². The molecule has 12 N–H and O–H groups in total. The Labute approximate surface area is 247 Å². The lowest BCUT2D eigenvalue weighted by atomic mass is 10.1. The molecule has 0 aliphatic rings. The average Bonchev–Trinajstić information content (AvgIpc) is 2.89. The molecule has 0 aromatic carbocycles. The van der Waals surface area contributed by atoms with Gasteiger partial charge in [-0.3, -0.25) is 43.2 Å². The van der Waals surface area contributed by atoms with Gasteiger partial charge in [0.2, 0.25) is 23.6 Å². The van der Waals surface area contributed by atoms with E-state index in [2.05, 4.69) is 5.32 Å². The normalized spacial score (nSPS) is 13.9. The largest absolute Gasteiger partial charge is 0.481 e. The molecule has 21 heteroatoms. The number of carboxylic acids is 6. The maximum absolute atomic E-state index is 13.0. The molecule has 0 aliphatic carbocycles. The van der Waals surface area contributed by atoms with Gasteiger partial charge in [0.15, 0.2) is 0 Å². The minimum Gasteiger partial charge on any atom is -0.481 e. The number of carbonyl (C=O) groups is 10. The van der Waals surface area contributed by atoms with E-state index in [-0.39, 0.29) is 6.42 Å². The fourth-order valence-corrected chi connectivity index (χ4v) is 3.34. The van der Waals surface area contributed by atoms with E-state index in [9.17, 15) is 53.1 Å². The van der Waals surface area contributed by atoms with E-state index in [0.717, 1.165) is 0 Å². The van der Waals surface area contributed by atoms with Gasteiger partial charge in [-0.05, 0) is 19.3 Å². The Hall–Kier alpha value is -5.34. The lowest BCUT2D eigenvalue weighted by Crippen LogP contribution is -2.59. The van der Waals surface area contributed by atoms with Crippen molar-refractivity contribution in [2.24, 2.45) is 5.73 Å². The number of nitrogens with two attached hydrogens (primary N) is 1. The summed E-state index contributed by atoms with van der Waals surface area (Å²) in [4.78, 5) is 117. The summed E-state index contributed by atoms with van der Waals surface area (Å²) in [5, 5.41) is 61.8. The molecule has 0 saturated heterocycles.